The molecule has 0 aromatic carbocycles. The van der Waals surface area contributed by atoms with Crippen molar-refractivity contribution < 1.29 is 18.9 Å². The Labute approximate surface area is 170 Å². The number of fused-ring (bicyclic) bond motifs is 2. The molecule has 28 heavy (non-hydrogen) atoms. The van der Waals surface area contributed by atoms with Crippen LogP contribution in [0.15, 0.2) is 12.7 Å². The second-order valence-electron chi connectivity index (χ2n) is 6.41. The molecule has 2 aromatic rings. The summed E-state index contributed by atoms with van der Waals surface area (Å²) in [5.74, 6) is 0.781. The minimum absolute atomic E-state index is 0.239. The van der Waals surface area contributed by atoms with Crippen LogP contribution in [-0.4, -0.2) is 79.0 Å². The van der Waals surface area contributed by atoms with E-state index in [2.05, 4.69) is 20.0 Å². The van der Waals surface area contributed by atoms with E-state index in [1.54, 1.807) is 9.24 Å². The Hall–Kier alpha value is -1.04. The normalized spacial score (nSPS) is 32.4. The number of imidazole rings is 1. The van der Waals surface area contributed by atoms with E-state index in [4.69, 9.17) is 38.2 Å². The van der Waals surface area contributed by atoms with Crippen LogP contribution in [0.25, 0.3) is 11.2 Å². The first kappa shape index (κ1) is 20.2. The third-order valence-corrected chi connectivity index (χ3v) is 7.46. The molecule has 2 fully saturated rings. The Kier molecular flexibility index (Phi) is 5.78. The first-order valence-corrected chi connectivity index (χ1v) is 11.3. The van der Waals surface area contributed by atoms with Crippen LogP contribution in [0, 0.1) is 0 Å². The van der Waals surface area contributed by atoms with Crippen molar-refractivity contribution in [2.75, 3.05) is 37.2 Å². The van der Waals surface area contributed by atoms with E-state index in [-0.39, 0.29) is 24.2 Å². The number of nitrogens with two attached hydrogens (primary N) is 1. The quantitative estimate of drug-likeness (QED) is 0.403. The summed E-state index contributed by atoms with van der Waals surface area (Å²) >= 11 is 11.7. The maximum absolute atomic E-state index is 13.5. The SMILES string of the molecule is Nc1ncnc2c1ncn2[C@@H]1O[C@H](CO)[C@@H]2N[P@](=O)(N(CCCl)CCCl)O[C@@H]21. The monoisotopic (exact) mass is 451 g/mol. The number of hydrogen-bond donors (Lipinski definition) is 3. The van der Waals surface area contributed by atoms with E-state index in [0.717, 1.165) is 0 Å². The molecule has 2 aromatic heterocycles. The third kappa shape index (κ3) is 3.29. The van der Waals surface area contributed by atoms with Crippen molar-refractivity contribution in [3.63, 3.8) is 0 Å². The maximum atomic E-state index is 13.5. The smallest absolute Gasteiger partial charge is 0.344 e. The van der Waals surface area contributed by atoms with Gasteiger partial charge in [0, 0.05) is 24.8 Å². The van der Waals surface area contributed by atoms with Crippen molar-refractivity contribution >= 4 is 47.9 Å². The number of halogens is 2. The number of nitrogen functional groups attached to an aromatic ring is 1. The number of hydrogen-bond acceptors (Lipinski definition) is 8. The second-order valence-corrected chi connectivity index (χ2v) is 9.24. The average Bonchev–Trinajstić information content (AvgIpc) is 3.34. The fourth-order valence-corrected chi connectivity index (χ4v) is 6.53. The van der Waals surface area contributed by atoms with Gasteiger partial charge in [-0.25, -0.2) is 24.7 Å². The van der Waals surface area contributed by atoms with Gasteiger partial charge in [0.1, 0.15) is 24.1 Å². The molecule has 0 radical (unpaired) electrons. The minimum Gasteiger partial charge on any atom is -0.394 e. The third-order valence-electron chi connectivity index (χ3n) is 4.83. The molecule has 0 aliphatic carbocycles. The summed E-state index contributed by atoms with van der Waals surface area (Å²) in [5, 5.41) is 12.8. The average molecular weight is 452 g/mol. The fourth-order valence-electron chi connectivity index (χ4n) is 3.54. The Morgan fingerprint density at radius 1 is 1.32 bits per heavy atom. The summed E-state index contributed by atoms with van der Waals surface area (Å²) in [7, 11) is -3.42. The molecule has 2 aliphatic rings. The van der Waals surface area contributed by atoms with Gasteiger partial charge in [-0.1, -0.05) is 0 Å². The largest absolute Gasteiger partial charge is 0.394 e. The molecule has 4 heterocycles. The summed E-state index contributed by atoms with van der Waals surface area (Å²) < 4.78 is 28.7. The van der Waals surface area contributed by atoms with Crippen LogP contribution in [-0.2, 0) is 13.8 Å². The number of aliphatic hydroxyl groups excluding tert-OH is 1. The summed E-state index contributed by atoms with van der Waals surface area (Å²) in [6.45, 7) is 0.402. The molecule has 14 heteroatoms. The molecule has 2 saturated heterocycles. The van der Waals surface area contributed by atoms with Crippen molar-refractivity contribution in [1.82, 2.24) is 29.3 Å². The van der Waals surface area contributed by atoms with Crippen molar-refractivity contribution in [3.05, 3.63) is 12.7 Å². The van der Waals surface area contributed by atoms with Crippen LogP contribution >= 0.6 is 30.9 Å². The summed E-state index contributed by atoms with van der Waals surface area (Å²) in [6.07, 6.45) is 0.853. The molecule has 4 N–H and O–H groups in total. The van der Waals surface area contributed by atoms with Crippen molar-refractivity contribution in [2.24, 2.45) is 0 Å². The van der Waals surface area contributed by atoms with Crippen molar-refractivity contribution in [1.29, 1.82) is 0 Å². The van der Waals surface area contributed by atoms with Gasteiger partial charge < -0.3 is 15.6 Å². The highest BCUT2D eigenvalue weighted by Crippen LogP contribution is 2.58. The predicted octanol–water partition coefficient (Wildman–Crippen LogP) is 0.543. The number of aliphatic hydroxyl groups is 1. The molecule has 0 saturated carbocycles. The Balaban J connectivity index is 1.68. The number of aromatic nitrogens is 4. The number of anilines is 1. The highest BCUT2D eigenvalue weighted by Gasteiger charge is 2.57. The van der Waals surface area contributed by atoms with Gasteiger partial charge in [-0.2, -0.15) is 0 Å². The van der Waals surface area contributed by atoms with Crippen LogP contribution in [0.4, 0.5) is 5.82 Å². The van der Waals surface area contributed by atoms with Crippen LogP contribution < -0.4 is 10.8 Å². The van der Waals surface area contributed by atoms with Gasteiger partial charge in [0.2, 0.25) is 0 Å². The zero-order chi connectivity index (χ0) is 19.9. The van der Waals surface area contributed by atoms with Gasteiger partial charge in [-0.15, -0.1) is 23.2 Å². The molecule has 154 valence electrons. The van der Waals surface area contributed by atoms with Gasteiger partial charge in [0.25, 0.3) is 0 Å². The number of nitrogens with one attached hydrogen (secondary N) is 1. The Bertz CT molecular complexity index is 896. The standard InChI is InChI=1S/C14H20Cl2N7O4P/c15-1-3-22(4-2-16)28(25)21-9-8(5-24)26-14(11(9)27-28)23-7-20-10-12(17)18-6-19-13(10)23/h6-9,11,14,24H,1-5H2,(H,21,25)(H2,17,18,19)/t8-,9+,11+,14-,28-/m1/s1. The van der Waals surface area contributed by atoms with E-state index in [9.17, 15) is 9.67 Å². The molecule has 0 bridgehead atoms. The van der Waals surface area contributed by atoms with Crippen molar-refractivity contribution in [2.45, 2.75) is 24.5 Å². The van der Waals surface area contributed by atoms with Gasteiger partial charge >= 0.3 is 7.67 Å². The van der Waals surface area contributed by atoms with Gasteiger partial charge in [-0.05, 0) is 0 Å². The summed E-state index contributed by atoms with van der Waals surface area (Å²) in [6, 6.07) is -0.495. The molecular formula is C14H20Cl2N7O4P. The van der Waals surface area contributed by atoms with Gasteiger partial charge in [-0.3, -0.25) is 13.7 Å². The molecular weight excluding hydrogens is 432 g/mol. The number of ether oxygens (including phenoxy) is 1. The maximum Gasteiger partial charge on any atom is 0.344 e. The van der Waals surface area contributed by atoms with Crippen molar-refractivity contribution in [3.8, 4) is 0 Å². The van der Waals surface area contributed by atoms with E-state index in [1.807, 2.05) is 0 Å². The van der Waals surface area contributed by atoms with Crippen LogP contribution in [0.2, 0.25) is 0 Å². The minimum atomic E-state index is -3.42. The summed E-state index contributed by atoms with van der Waals surface area (Å²) in [4.78, 5) is 12.4. The molecule has 0 spiro atoms. The van der Waals surface area contributed by atoms with Gasteiger partial charge in [0.15, 0.2) is 17.7 Å². The van der Waals surface area contributed by atoms with E-state index in [1.165, 1.54) is 12.7 Å². The number of rotatable bonds is 7. The second kappa shape index (κ2) is 8.00. The number of nitrogens with zero attached hydrogens (tertiary/aromatic N) is 5. The zero-order valence-electron chi connectivity index (χ0n) is 14.7. The lowest BCUT2D eigenvalue weighted by Crippen LogP contribution is -2.39. The lowest BCUT2D eigenvalue weighted by Gasteiger charge is -2.28. The van der Waals surface area contributed by atoms with Crippen LogP contribution in [0.1, 0.15) is 6.23 Å². The highest BCUT2D eigenvalue weighted by molar-refractivity contribution is 7.54. The van der Waals surface area contributed by atoms with E-state index in [0.29, 0.717) is 24.3 Å². The molecule has 11 nitrogen and oxygen atoms in total. The lowest BCUT2D eigenvalue weighted by atomic mass is 10.1. The first-order valence-electron chi connectivity index (χ1n) is 8.65. The Morgan fingerprint density at radius 3 is 2.75 bits per heavy atom. The molecule has 2 aliphatic heterocycles. The topological polar surface area (TPSA) is 141 Å². The molecule has 0 unspecified atom stereocenters. The van der Waals surface area contributed by atoms with Crippen LogP contribution in [0.5, 0.6) is 0 Å². The fraction of sp³-hybridized carbons (Fsp3) is 0.643. The van der Waals surface area contributed by atoms with Gasteiger partial charge in [0.05, 0.1) is 19.0 Å². The van der Waals surface area contributed by atoms with E-state index < -0.39 is 32.1 Å². The molecule has 0 amide bonds. The summed E-state index contributed by atoms with van der Waals surface area (Å²) in [5.41, 5.74) is 6.73. The first-order chi connectivity index (χ1) is 13.5. The zero-order valence-corrected chi connectivity index (χ0v) is 17.1. The predicted molar refractivity (Wildman–Crippen MR) is 103 cm³/mol. The van der Waals surface area contributed by atoms with Crippen LogP contribution in [0.3, 0.4) is 0 Å². The lowest BCUT2D eigenvalue weighted by molar-refractivity contribution is -0.0474. The molecule has 5 atom stereocenters. The molecule has 4 rings (SSSR count). The Morgan fingerprint density at radius 2 is 2.07 bits per heavy atom. The number of alkyl halides is 2. The van der Waals surface area contributed by atoms with E-state index >= 15 is 0 Å². The highest BCUT2D eigenvalue weighted by atomic mass is 35.5.